The Hall–Kier alpha value is 3.34. The summed E-state index contributed by atoms with van der Waals surface area (Å²) in [5.41, 5.74) is 0. The van der Waals surface area contributed by atoms with E-state index in [0.717, 1.165) is 19.3 Å². The molecule has 0 amide bonds. The van der Waals surface area contributed by atoms with Gasteiger partial charge in [-0.25, -0.2) is 0 Å². The molecular weight excluding hydrogens is 309 g/mol. The van der Waals surface area contributed by atoms with Crippen molar-refractivity contribution in [1.82, 2.24) is 0 Å². The first-order valence-electron chi connectivity index (χ1n) is 5.74. The van der Waals surface area contributed by atoms with Crippen LogP contribution in [-0.4, -0.2) is 19.8 Å². The Morgan fingerprint density at radius 1 is 1.17 bits per heavy atom. The van der Waals surface area contributed by atoms with Gasteiger partial charge in [0.15, 0.2) is 0 Å². The molecule has 0 radical (unpaired) electrons. The van der Waals surface area contributed by atoms with Gasteiger partial charge in [-0.05, 0) is 12.3 Å². The predicted molar refractivity (Wildman–Crippen MR) is 57.7 cm³/mol. The zero-order valence-electron chi connectivity index (χ0n) is 12.0. The van der Waals surface area contributed by atoms with Crippen molar-refractivity contribution in [3.8, 4) is 0 Å². The van der Waals surface area contributed by atoms with Crippen molar-refractivity contribution in [2.45, 2.75) is 39.5 Å². The average Bonchev–Trinajstić information content (AvgIpc) is 2.20. The van der Waals surface area contributed by atoms with Crippen molar-refractivity contribution in [3.05, 3.63) is 0 Å². The van der Waals surface area contributed by atoms with E-state index < -0.39 is 7.82 Å². The van der Waals surface area contributed by atoms with E-state index in [1.54, 1.807) is 0 Å². The van der Waals surface area contributed by atoms with E-state index in [0.29, 0.717) is 12.5 Å². The zero-order chi connectivity index (χ0) is 12.4. The molecule has 8 heteroatoms. The van der Waals surface area contributed by atoms with E-state index in [9.17, 15) is 14.4 Å². The van der Waals surface area contributed by atoms with Crippen LogP contribution >= 0.6 is 7.82 Å². The number of unbranched alkanes of at least 4 members (excludes halogenated alkanes) is 1. The second-order valence-electron chi connectivity index (χ2n) is 3.77. The van der Waals surface area contributed by atoms with E-state index in [-0.39, 0.29) is 116 Å². The van der Waals surface area contributed by atoms with Crippen LogP contribution in [0, 0.1) is 5.92 Å². The van der Waals surface area contributed by atoms with E-state index in [1.807, 2.05) is 0 Å². The Bertz CT molecular complexity index is 212. The van der Waals surface area contributed by atoms with Crippen molar-refractivity contribution in [1.29, 1.82) is 0 Å². The smallest absolute Gasteiger partial charge is 0.790 e. The molecule has 0 saturated carbocycles. The molecular formula is C10H21K2O5P. The third-order valence-electron chi connectivity index (χ3n) is 2.37. The molecule has 0 aromatic heterocycles. The quantitative estimate of drug-likeness (QED) is 0.228. The fourth-order valence-electron chi connectivity index (χ4n) is 1.36. The van der Waals surface area contributed by atoms with Gasteiger partial charge in [-0.15, -0.1) is 0 Å². The number of phosphoric ester groups is 1. The van der Waals surface area contributed by atoms with Gasteiger partial charge >= 0.3 is 103 Å². The van der Waals surface area contributed by atoms with Gasteiger partial charge < -0.3 is 23.6 Å². The fourth-order valence-corrected chi connectivity index (χ4v) is 1.65. The van der Waals surface area contributed by atoms with Crippen molar-refractivity contribution in [2.24, 2.45) is 5.92 Å². The maximum atomic E-state index is 10.1. The summed E-state index contributed by atoms with van der Waals surface area (Å²) in [5.74, 6) is 0.506. The number of hydrogen-bond donors (Lipinski definition) is 0. The molecule has 0 aliphatic rings. The van der Waals surface area contributed by atoms with Crippen LogP contribution < -0.4 is 113 Å². The Morgan fingerprint density at radius 3 is 2.22 bits per heavy atom. The number of hydrogen-bond acceptors (Lipinski definition) is 5. The minimum Gasteiger partial charge on any atom is -0.790 e. The van der Waals surface area contributed by atoms with Crippen LogP contribution in [0.3, 0.4) is 0 Å². The first-order valence-corrected chi connectivity index (χ1v) is 7.20. The molecule has 98 valence electrons. The standard InChI is InChI=1S/C10H23O5P.2K/c1-3-5-6-10(4-2)9-14-7-8-15-16(11,12)13;;/h10H,3-9H2,1-2H3,(H2,11,12,13);;/q;2*+1/p-2. The Balaban J connectivity index is -0.00000112. The zero-order valence-corrected chi connectivity index (χ0v) is 19.2. The molecule has 0 aliphatic carbocycles. The Morgan fingerprint density at radius 2 is 1.78 bits per heavy atom. The van der Waals surface area contributed by atoms with Crippen LogP contribution in [0.4, 0.5) is 0 Å². The minimum absolute atomic E-state index is 0. The van der Waals surface area contributed by atoms with E-state index >= 15 is 0 Å². The van der Waals surface area contributed by atoms with Gasteiger partial charge in [0.25, 0.3) is 0 Å². The van der Waals surface area contributed by atoms with Crippen LogP contribution in [0.1, 0.15) is 39.5 Å². The van der Waals surface area contributed by atoms with E-state index in [1.165, 1.54) is 6.42 Å². The van der Waals surface area contributed by atoms with Gasteiger partial charge in [-0.3, -0.25) is 0 Å². The Kier molecular flexibility index (Phi) is 24.4. The summed E-state index contributed by atoms with van der Waals surface area (Å²) in [5, 5.41) is 0. The van der Waals surface area contributed by atoms with Crippen molar-refractivity contribution < 1.29 is 126 Å². The van der Waals surface area contributed by atoms with Crippen LogP contribution in [-0.2, 0) is 13.8 Å². The molecule has 0 spiro atoms. The molecule has 18 heavy (non-hydrogen) atoms. The molecule has 0 aromatic rings. The summed E-state index contributed by atoms with van der Waals surface area (Å²) in [6.07, 6.45) is 4.50. The summed E-state index contributed by atoms with van der Waals surface area (Å²) in [7, 11) is -4.83. The molecule has 0 aliphatic heterocycles. The number of phosphoric acid groups is 1. The minimum atomic E-state index is -4.83. The second-order valence-corrected chi connectivity index (χ2v) is 4.92. The van der Waals surface area contributed by atoms with E-state index in [4.69, 9.17) is 4.74 Å². The van der Waals surface area contributed by atoms with Gasteiger partial charge in [0.1, 0.15) is 0 Å². The largest absolute Gasteiger partial charge is 1.00 e. The van der Waals surface area contributed by atoms with Gasteiger partial charge in [-0.2, -0.15) is 0 Å². The van der Waals surface area contributed by atoms with Gasteiger partial charge in [0, 0.05) is 6.61 Å². The van der Waals surface area contributed by atoms with Crippen LogP contribution in [0.2, 0.25) is 0 Å². The molecule has 0 rings (SSSR count). The monoisotopic (exact) mass is 330 g/mol. The van der Waals surface area contributed by atoms with Crippen LogP contribution in [0.15, 0.2) is 0 Å². The normalized spacial score (nSPS) is 12.4. The number of ether oxygens (including phenoxy) is 1. The third kappa shape index (κ3) is 19.3. The SMILES string of the molecule is CCCCC(CC)COCCOP(=O)([O-])[O-].[K+].[K+]. The average molecular weight is 330 g/mol. The molecule has 1 atom stereocenters. The second kappa shape index (κ2) is 16.7. The molecule has 0 N–H and O–H groups in total. The summed E-state index contributed by atoms with van der Waals surface area (Å²) in [6, 6.07) is 0. The first kappa shape index (κ1) is 26.3. The Labute approximate surface area is 195 Å². The fraction of sp³-hybridized carbons (Fsp3) is 1.00. The molecule has 1 unspecified atom stereocenters. The molecule has 0 saturated heterocycles. The summed E-state index contributed by atoms with van der Waals surface area (Å²) >= 11 is 0. The summed E-state index contributed by atoms with van der Waals surface area (Å²) < 4.78 is 19.4. The maximum Gasteiger partial charge on any atom is 1.00 e. The summed E-state index contributed by atoms with van der Waals surface area (Å²) in [6.45, 7) is 4.80. The molecule has 0 fully saturated rings. The third-order valence-corrected chi connectivity index (χ3v) is 2.87. The van der Waals surface area contributed by atoms with Crippen LogP contribution in [0.25, 0.3) is 0 Å². The van der Waals surface area contributed by atoms with Crippen molar-refractivity contribution >= 4 is 7.82 Å². The molecule has 5 nitrogen and oxygen atoms in total. The molecule has 0 aromatic carbocycles. The first-order chi connectivity index (χ1) is 7.49. The molecule has 0 heterocycles. The topological polar surface area (TPSA) is 81.7 Å². The van der Waals surface area contributed by atoms with E-state index in [2.05, 4.69) is 18.4 Å². The van der Waals surface area contributed by atoms with Crippen molar-refractivity contribution in [3.63, 3.8) is 0 Å². The predicted octanol–water partition coefficient (Wildman–Crippen LogP) is -4.93. The maximum absolute atomic E-state index is 10.1. The van der Waals surface area contributed by atoms with Crippen LogP contribution in [0.5, 0.6) is 0 Å². The number of rotatable bonds is 10. The van der Waals surface area contributed by atoms with Crippen molar-refractivity contribution in [2.75, 3.05) is 19.8 Å². The van der Waals surface area contributed by atoms with Gasteiger partial charge in [0.2, 0.25) is 0 Å². The van der Waals surface area contributed by atoms with Gasteiger partial charge in [0.05, 0.1) is 21.0 Å². The molecule has 0 bridgehead atoms. The summed E-state index contributed by atoms with van der Waals surface area (Å²) in [4.78, 5) is 20.2. The van der Waals surface area contributed by atoms with Gasteiger partial charge in [-0.1, -0.05) is 33.1 Å².